The molecule has 0 aromatic carbocycles. The maximum Gasteiger partial charge on any atom is 0.437 e. The Bertz CT molecular complexity index is 472. The third-order valence-electron chi connectivity index (χ3n) is 1.79. The first-order chi connectivity index (χ1) is 6.81. The molecule has 0 amide bonds. The van der Waals surface area contributed by atoms with E-state index in [0.29, 0.717) is 12.2 Å². The molecule has 0 radical (unpaired) electrons. The van der Waals surface area contributed by atoms with E-state index >= 15 is 0 Å². The second-order valence-corrected chi connectivity index (χ2v) is 2.70. The largest absolute Gasteiger partial charge is 0.437 e. The number of aryl methyl sites for hydroxylation is 1. The van der Waals surface area contributed by atoms with Gasteiger partial charge in [0.15, 0.2) is 0 Å². The highest BCUT2D eigenvalue weighted by Gasteiger charge is 2.08. The predicted molar refractivity (Wildman–Crippen MR) is 49.7 cm³/mol. The van der Waals surface area contributed by atoms with Crippen LogP contribution in [0.5, 0.6) is 0 Å². The standard InChI is InChI=1S/C9H9N3O2/c1-2-12-9(13)14-8(11-12)7-5-3-4-6-10-7/h3-6H,2H2,1H3. The summed E-state index contributed by atoms with van der Waals surface area (Å²) in [5.41, 5.74) is 0.566. The molecule has 0 unspecified atom stereocenters. The van der Waals surface area contributed by atoms with Gasteiger partial charge in [-0.1, -0.05) is 6.07 Å². The van der Waals surface area contributed by atoms with E-state index in [-0.39, 0.29) is 5.89 Å². The van der Waals surface area contributed by atoms with Crippen molar-refractivity contribution in [2.45, 2.75) is 13.5 Å². The third-order valence-corrected chi connectivity index (χ3v) is 1.79. The fourth-order valence-electron chi connectivity index (χ4n) is 1.10. The molecule has 0 N–H and O–H groups in total. The lowest BCUT2D eigenvalue weighted by Crippen LogP contribution is -2.13. The first kappa shape index (κ1) is 8.68. The molecule has 0 atom stereocenters. The normalized spacial score (nSPS) is 10.4. The summed E-state index contributed by atoms with van der Waals surface area (Å²) in [5.74, 6) is -0.189. The molecule has 5 heteroatoms. The van der Waals surface area contributed by atoms with Crippen molar-refractivity contribution in [3.8, 4) is 11.6 Å². The van der Waals surface area contributed by atoms with Crippen LogP contribution in [0.1, 0.15) is 6.92 Å². The lowest BCUT2D eigenvalue weighted by Gasteiger charge is -1.90. The molecule has 2 aromatic rings. The van der Waals surface area contributed by atoms with Gasteiger partial charge >= 0.3 is 5.76 Å². The number of hydrogen-bond donors (Lipinski definition) is 0. The molecule has 0 fully saturated rings. The summed E-state index contributed by atoms with van der Waals surface area (Å²) in [4.78, 5) is 15.2. The Morgan fingerprint density at radius 3 is 2.93 bits per heavy atom. The van der Waals surface area contributed by atoms with Gasteiger partial charge in [-0.2, -0.15) is 4.68 Å². The van der Waals surface area contributed by atoms with Gasteiger partial charge in [-0.05, 0) is 19.1 Å². The molecule has 14 heavy (non-hydrogen) atoms. The highest BCUT2D eigenvalue weighted by Crippen LogP contribution is 2.10. The molecule has 0 aliphatic carbocycles. The van der Waals surface area contributed by atoms with E-state index < -0.39 is 5.76 Å². The summed E-state index contributed by atoms with van der Waals surface area (Å²) >= 11 is 0. The monoisotopic (exact) mass is 191 g/mol. The van der Waals surface area contributed by atoms with Crippen LogP contribution < -0.4 is 5.76 Å². The zero-order chi connectivity index (χ0) is 9.97. The molecule has 72 valence electrons. The average Bonchev–Trinajstić information content (AvgIpc) is 2.61. The van der Waals surface area contributed by atoms with Crippen LogP contribution in [0.15, 0.2) is 33.6 Å². The van der Waals surface area contributed by atoms with Crippen LogP contribution >= 0.6 is 0 Å². The molecular weight excluding hydrogens is 182 g/mol. The minimum absolute atomic E-state index is 0.262. The van der Waals surface area contributed by atoms with Crippen molar-refractivity contribution < 1.29 is 4.42 Å². The summed E-state index contributed by atoms with van der Waals surface area (Å²) in [6, 6.07) is 5.34. The van der Waals surface area contributed by atoms with Crippen molar-refractivity contribution in [3.05, 3.63) is 34.9 Å². The van der Waals surface area contributed by atoms with Gasteiger partial charge in [0.25, 0.3) is 5.89 Å². The van der Waals surface area contributed by atoms with E-state index in [9.17, 15) is 4.79 Å². The smallest absolute Gasteiger partial charge is 0.386 e. The van der Waals surface area contributed by atoms with Gasteiger partial charge in [0.2, 0.25) is 0 Å². The van der Waals surface area contributed by atoms with E-state index in [4.69, 9.17) is 4.42 Å². The number of nitrogens with zero attached hydrogens (tertiary/aromatic N) is 3. The maximum atomic E-state index is 11.2. The zero-order valence-corrected chi connectivity index (χ0v) is 7.67. The molecule has 2 rings (SSSR count). The first-order valence-electron chi connectivity index (χ1n) is 4.30. The Labute approximate surface area is 80.0 Å². The van der Waals surface area contributed by atoms with Gasteiger partial charge in [0, 0.05) is 12.7 Å². The summed E-state index contributed by atoms with van der Waals surface area (Å²) in [6.07, 6.45) is 1.63. The fourth-order valence-corrected chi connectivity index (χ4v) is 1.10. The van der Waals surface area contributed by atoms with Gasteiger partial charge in [0.05, 0.1) is 0 Å². The summed E-state index contributed by atoms with van der Waals surface area (Å²) in [7, 11) is 0. The lowest BCUT2D eigenvalue weighted by molar-refractivity contribution is 0.489. The van der Waals surface area contributed by atoms with Gasteiger partial charge in [-0.15, -0.1) is 5.10 Å². The van der Waals surface area contributed by atoms with Crippen LogP contribution in [0.2, 0.25) is 0 Å². The first-order valence-corrected chi connectivity index (χ1v) is 4.30. The lowest BCUT2D eigenvalue weighted by atomic mass is 10.3. The third kappa shape index (κ3) is 1.44. The van der Waals surface area contributed by atoms with E-state index in [1.54, 1.807) is 18.3 Å². The quantitative estimate of drug-likeness (QED) is 0.708. The minimum atomic E-state index is -0.451. The predicted octanol–water partition coefficient (Wildman–Crippen LogP) is 0.918. The maximum absolute atomic E-state index is 11.2. The topological polar surface area (TPSA) is 60.9 Å². The van der Waals surface area contributed by atoms with Crippen molar-refractivity contribution in [1.29, 1.82) is 0 Å². The van der Waals surface area contributed by atoms with E-state index in [2.05, 4.69) is 10.1 Å². The molecule has 0 bridgehead atoms. The molecule has 0 spiro atoms. The van der Waals surface area contributed by atoms with Crippen molar-refractivity contribution in [1.82, 2.24) is 14.8 Å². The van der Waals surface area contributed by atoms with Crippen LogP contribution in [-0.4, -0.2) is 14.8 Å². The summed E-state index contributed by atoms with van der Waals surface area (Å²) in [6.45, 7) is 2.32. The molecular formula is C9H9N3O2. The van der Waals surface area contributed by atoms with Crippen molar-refractivity contribution in [3.63, 3.8) is 0 Å². The minimum Gasteiger partial charge on any atom is -0.386 e. The number of hydrogen-bond acceptors (Lipinski definition) is 4. The van der Waals surface area contributed by atoms with Crippen LogP contribution in [0.3, 0.4) is 0 Å². The Morgan fingerprint density at radius 2 is 2.36 bits per heavy atom. The highest BCUT2D eigenvalue weighted by molar-refractivity contribution is 5.44. The fraction of sp³-hybridized carbons (Fsp3) is 0.222. The number of pyridine rings is 1. The molecule has 2 aromatic heterocycles. The zero-order valence-electron chi connectivity index (χ0n) is 7.67. The van der Waals surface area contributed by atoms with Crippen molar-refractivity contribution in [2.75, 3.05) is 0 Å². The van der Waals surface area contributed by atoms with Gasteiger partial charge in [-0.3, -0.25) is 4.98 Å². The SMILES string of the molecule is CCn1nc(-c2ccccn2)oc1=O. The molecule has 0 saturated carbocycles. The molecule has 0 aliphatic rings. The molecule has 2 heterocycles. The number of rotatable bonds is 2. The highest BCUT2D eigenvalue weighted by atomic mass is 16.4. The Kier molecular flexibility index (Phi) is 2.14. The van der Waals surface area contributed by atoms with Gasteiger partial charge < -0.3 is 4.42 Å². The van der Waals surface area contributed by atoms with E-state index in [0.717, 1.165) is 0 Å². The summed E-state index contributed by atoms with van der Waals surface area (Å²) < 4.78 is 6.18. The Morgan fingerprint density at radius 1 is 1.50 bits per heavy atom. The van der Waals surface area contributed by atoms with Crippen LogP contribution in [0, 0.1) is 0 Å². The molecule has 0 aliphatic heterocycles. The van der Waals surface area contributed by atoms with E-state index in [1.807, 2.05) is 13.0 Å². The van der Waals surface area contributed by atoms with Crippen LogP contribution in [0.25, 0.3) is 11.6 Å². The second kappa shape index (κ2) is 3.45. The Hall–Kier alpha value is -1.91. The second-order valence-electron chi connectivity index (χ2n) is 2.70. The van der Waals surface area contributed by atoms with Crippen LogP contribution in [0.4, 0.5) is 0 Å². The summed E-state index contributed by atoms with van der Waals surface area (Å²) in [5, 5.41) is 3.97. The van der Waals surface area contributed by atoms with Crippen LogP contribution in [-0.2, 0) is 6.54 Å². The van der Waals surface area contributed by atoms with Crippen molar-refractivity contribution >= 4 is 0 Å². The average molecular weight is 191 g/mol. The van der Waals surface area contributed by atoms with Gasteiger partial charge in [-0.25, -0.2) is 4.79 Å². The van der Waals surface area contributed by atoms with Gasteiger partial charge in [0.1, 0.15) is 5.69 Å². The molecule has 5 nitrogen and oxygen atoms in total. The number of aromatic nitrogens is 3. The van der Waals surface area contributed by atoms with Crippen molar-refractivity contribution in [2.24, 2.45) is 0 Å². The molecule has 0 saturated heterocycles. The van der Waals surface area contributed by atoms with E-state index in [1.165, 1.54) is 4.68 Å². The Balaban J connectivity index is 2.48.